The molecule has 4 nitrogen and oxygen atoms in total. The predicted molar refractivity (Wildman–Crippen MR) is 64.9 cm³/mol. The van der Waals surface area contributed by atoms with Crippen LogP contribution in [0.3, 0.4) is 0 Å². The van der Waals surface area contributed by atoms with Crippen LogP contribution >= 0.6 is 7.60 Å². The topological polar surface area (TPSA) is 52.6 Å². The SMILES string of the molecule is CCCC(=O)CC(C)P(=O)(OCC)OCC. The second kappa shape index (κ2) is 7.99. The standard InChI is InChI=1S/C11H23O4P/c1-5-8-11(12)9-10(4)16(13,14-6-2)15-7-3/h10H,5-9H2,1-4H3. The number of hydrogen-bond acceptors (Lipinski definition) is 4. The molecule has 16 heavy (non-hydrogen) atoms. The molecule has 0 N–H and O–H groups in total. The molecule has 0 fully saturated rings. The molecule has 0 saturated carbocycles. The van der Waals surface area contributed by atoms with Crippen molar-refractivity contribution in [3.8, 4) is 0 Å². The molecule has 5 heteroatoms. The summed E-state index contributed by atoms with van der Waals surface area (Å²) in [5.74, 6) is 0.120. The van der Waals surface area contributed by atoms with E-state index in [2.05, 4.69) is 0 Å². The van der Waals surface area contributed by atoms with Gasteiger partial charge in [-0.25, -0.2) is 0 Å². The maximum absolute atomic E-state index is 12.3. The number of Topliss-reactive ketones (excluding diaryl/α,β-unsaturated/α-hetero) is 1. The summed E-state index contributed by atoms with van der Waals surface area (Å²) in [7, 11) is -3.11. The first-order valence-corrected chi connectivity index (χ1v) is 7.51. The molecule has 1 atom stereocenters. The molecule has 0 aliphatic carbocycles. The van der Waals surface area contributed by atoms with E-state index in [1.54, 1.807) is 20.8 Å². The van der Waals surface area contributed by atoms with E-state index < -0.39 is 7.60 Å². The lowest BCUT2D eigenvalue weighted by Crippen LogP contribution is -2.14. The van der Waals surface area contributed by atoms with Gasteiger partial charge in [0, 0.05) is 12.8 Å². The fourth-order valence-electron chi connectivity index (χ4n) is 1.47. The first-order valence-electron chi connectivity index (χ1n) is 5.90. The minimum Gasteiger partial charge on any atom is -0.309 e. The van der Waals surface area contributed by atoms with Crippen LogP contribution in [-0.4, -0.2) is 24.7 Å². The van der Waals surface area contributed by atoms with Gasteiger partial charge in [-0.2, -0.15) is 0 Å². The lowest BCUT2D eigenvalue weighted by Gasteiger charge is -2.22. The van der Waals surface area contributed by atoms with Gasteiger partial charge < -0.3 is 9.05 Å². The summed E-state index contributed by atoms with van der Waals surface area (Å²) in [6.07, 6.45) is 1.62. The van der Waals surface area contributed by atoms with Crippen LogP contribution < -0.4 is 0 Å². The highest BCUT2D eigenvalue weighted by molar-refractivity contribution is 7.54. The van der Waals surface area contributed by atoms with Gasteiger partial charge in [0.1, 0.15) is 5.78 Å². The summed E-state index contributed by atoms with van der Waals surface area (Å²) in [4.78, 5) is 11.5. The summed E-state index contributed by atoms with van der Waals surface area (Å²) in [6.45, 7) is 7.92. The van der Waals surface area contributed by atoms with E-state index in [0.717, 1.165) is 6.42 Å². The molecule has 0 bridgehead atoms. The molecule has 0 aliphatic heterocycles. The summed E-state index contributed by atoms with van der Waals surface area (Å²) < 4.78 is 22.6. The quantitative estimate of drug-likeness (QED) is 0.588. The van der Waals surface area contributed by atoms with Crippen LogP contribution in [0.1, 0.15) is 47.0 Å². The van der Waals surface area contributed by atoms with E-state index in [0.29, 0.717) is 19.6 Å². The van der Waals surface area contributed by atoms with Crippen molar-refractivity contribution in [1.82, 2.24) is 0 Å². The zero-order chi connectivity index (χ0) is 12.6. The molecule has 0 aromatic rings. The minimum atomic E-state index is -3.11. The third-order valence-electron chi connectivity index (χ3n) is 2.21. The van der Waals surface area contributed by atoms with E-state index in [1.807, 2.05) is 6.92 Å². The van der Waals surface area contributed by atoms with Crippen LogP contribution in [0, 0.1) is 0 Å². The summed E-state index contributed by atoms with van der Waals surface area (Å²) in [5, 5.41) is 0. The van der Waals surface area contributed by atoms with Gasteiger partial charge in [-0.3, -0.25) is 9.36 Å². The molecule has 96 valence electrons. The van der Waals surface area contributed by atoms with Gasteiger partial charge in [0.05, 0.1) is 18.9 Å². The van der Waals surface area contributed by atoms with Crippen LogP contribution in [0.4, 0.5) is 0 Å². The fourth-order valence-corrected chi connectivity index (χ4v) is 3.20. The van der Waals surface area contributed by atoms with Crippen LogP contribution in [0.15, 0.2) is 0 Å². The smallest absolute Gasteiger partial charge is 0.309 e. The summed E-state index contributed by atoms with van der Waals surface area (Å²) >= 11 is 0. The molecule has 0 radical (unpaired) electrons. The number of rotatable bonds is 9. The Morgan fingerprint density at radius 1 is 1.19 bits per heavy atom. The van der Waals surface area contributed by atoms with Crippen molar-refractivity contribution in [2.45, 2.75) is 52.6 Å². The molecule has 0 aromatic heterocycles. The van der Waals surface area contributed by atoms with Crippen molar-refractivity contribution in [2.24, 2.45) is 0 Å². The van der Waals surface area contributed by atoms with Crippen molar-refractivity contribution < 1.29 is 18.4 Å². The van der Waals surface area contributed by atoms with Gasteiger partial charge >= 0.3 is 7.60 Å². The summed E-state index contributed by atoms with van der Waals surface area (Å²) in [5.41, 5.74) is -0.355. The molecule has 0 heterocycles. The van der Waals surface area contributed by atoms with Crippen LogP contribution in [0.5, 0.6) is 0 Å². The maximum atomic E-state index is 12.3. The molecule has 0 spiro atoms. The third-order valence-corrected chi connectivity index (χ3v) is 4.71. The average molecular weight is 250 g/mol. The lowest BCUT2D eigenvalue weighted by atomic mass is 10.1. The third kappa shape index (κ3) is 5.24. The van der Waals surface area contributed by atoms with Gasteiger partial charge in [-0.15, -0.1) is 0 Å². The van der Waals surface area contributed by atoms with E-state index >= 15 is 0 Å². The van der Waals surface area contributed by atoms with Gasteiger partial charge in [0.15, 0.2) is 0 Å². The average Bonchev–Trinajstić information content (AvgIpc) is 2.18. The van der Waals surface area contributed by atoms with E-state index in [4.69, 9.17) is 9.05 Å². The zero-order valence-electron chi connectivity index (χ0n) is 10.7. The van der Waals surface area contributed by atoms with Crippen LogP contribution in [0.25, 0.3) is 0 Å². The normalized spacial score (nSPS) is 13.8. The Hall–Kier alpha value is -0.180. The Morgan fingerprint density at radius 2 is 1.69 bits per heavy atom. The van der Waals surface area contributed by atoms with Crippen molar-refractivity contribution in [3.05, 3.63) is 0 Å². The monoisotopic (exact) mass is 250 g/mol. The second-order valence-electron chi connectivity index (χ2n) is 3.72. The van der Waals surface area contributed by atoms with Gasteiger partial charge in [-0.05, 0) is 20.3 Å². The Bertz CT molecular complexity index is 242. The first kappa shape index (κ1) is 15.8. The Labute approximate surface area is 98.2 Å². The molecule has 0 rings (SSSR count). The molecule has 0 aromatic carbocycles. The van der Waals surface area contributed by atoms with Crippen LogP contribution in [-0.2, 0) is 18.4 Å². The highest BCUT2D eigenvalue weighted by Crippen LogP contribution is 2.54. The molecule has 0 aliphatic rings. The van der Waals surface area contributed by atoms with Gasteiger partial charge in [0.25, 0.3) is 0 Å². The number of ketones is 1. The van der Waals surface area contributed by atoms with Crippen molar-refractivity contribution in [1.29, 1.82) is 0 Å². The molecule has 0 amide bonds. The minimum absolute atomic E-state index is 0.120. The van der Waals surface area contributed by atoms with Crippen LogP contribution in [0.2, 0.25) is 0 Å². The van der Waals surface area contributed by atoms with E-state index in [1.165, 1.54) is 0 Å². The maximum Gasteiger partial charge on any atom is 0.333 e. The molecular formula is C11H23O4P. The predicted octanol–water partition coefficient (Wildman–Crippen LogP) is 3.40. The highest BCUT2D eigenvalue weighted by atomic mass is 31.2. The Kier molecular flexibility index (Phi) is 7.90. The number of hydrogen-bond donors (Lipinski definition) is 0. The van der Waals surface area contributed by atoms with Gasteiger partial charge in [0.2, 0.25) is 0 Å². The van der Waals surface area contributed by atoms with Gasteiger partial charge in [-0.1, -0.05) is 13.8 Å². The largest absolute Gasteiger partial charge is 0.333 e. The zero-order valence-corrected chi connectivity index (χ0v) is 11.6. The van der Waals surface area contributed by atoms with Crippen molar-refractivity contribution in [3.63, 3.8) is 0 Å². The van der Waals surface area contributed by atoms with E-state index in [-0.39, 0.29) is 17.9 Å². The molecule has 1 unspecified atom stereocenters. The fraction of sp³-hybridized carbons (Fsp3) is 0.909. The second-order valence-corrected chi connectivity index (χ2v) is 6.19. The molecular weight excluding hydrogens is 227 g/mol. The Balaban J connectivity index is 4.43. The van der Waals surface area contributed by atoms with Crippen molar-refractivity contribution in [2.75, 3.05) is 13.2 Å². The Morgan fingerprint density at radius 3 is 2.06 bits per heavy atom. The lowest BCUT2D eigenvalue weighted by molar-refractivity contribution is -0.119. The molecule has 0 saturated heterocycles. The van der Waals surface area contributed by atoms with Crippen molar-refractivity contribution >= 4 is 13.4 Å². The first-order chi connectivity index (χ1) is 7.50. The summed E-state index contributed by atoms with van der Waals surface area (Å²) in [6, 6.07) is 0. The number of carbonyl (C=O) groups excluding carboxylic acids is 1. The highest BCUT2D eigenvalue weighted by Gasteiger charge is 2.32. The number of carbonyl (C=O) groups is 1. The van der Waals surface area contributed by atoms with E-state index in [9.17, 15) is 9.36 Å².